The van der Waals surface area contributed by atoms with E-state index in [0.29, 0.717) is 11.4 Å². The molecular weight excluding hydrogens is 286 g/mol. The van der Waals surface area contributed by atoms with E-state index in [1.54, 1.807) is 12.3 Å². The van der Waals surface area contributed by atoms with Crippen LogP contribution in [0.25, 0.3) is 0 Å². The monoisotopic (exact) mass is 301 g/mol. The van der Waals surface area contributed by atoms with Crippen molar-refractivity contribution in [1.82, 2.24) is 15.3 Å². The number of nitro benzene ring substituents is 1. The zero-order chi connectivity index (χ0) is 16.1. The van der Waals surface area contributed by atoms with E-state index in [4.69, 9.17) is 0 Å². The van der Waals surface area contributed by atoms with Gasteiger partial charge >= 0.3 is 0 Å². The second-order valence-corrected chi connectivity index (χ2v) is 4.71. The first-order valence-electron chi connectivity index (χ1n) is 6.49. The zero-order valence-corrected chi connectivity index (χ0v) is 12.2. The molecule has 0 bridgehead atoms. The Balaban J connectivity index is 2.00. The molecule has 0 fully saturated rings. The summed E-state index contributed by atoms with van der Waals surface area (Å²) >= 11 is 0. The number of benzene rings is 1. The summed E-state index contributed by atoms with van der Waals surface area (Å²) in [5, 5.41) is 13.2. The first-order chi connectivity index (χ1) is 10.5. The van der Waals surface area contributed by atoms with Crippen LogP contribution < -0.4 is 10.2 Å². The van der Waals surface area contributed by atoms with Crippen LogP contribution in [0.3, 0.4) is 0 Å². The fourth-order valence-corrected chi connectivity index (χ4v) is 1.72. The van der Waals surface area contributed by atoms with Crippen LogP contribution in [0, 0.1) is 10.1 Å². The number of rotatable bonds is 5. The number of non-ortho nitro benzene ring substituents is 1. The number of hydrogen-bond donors (Lipinski definition) is 1. The number of carbonyl (C=O) groups excluding carboxylic acids is 1. The van der Waals surface area contributed by atoms with Crippen molar-refractivity contribution in [3.05, 3.63) is 58.0 Å². The molecule has 0 aliphatic rings. The fourth-order valence-electron chi connectivity index (χ4n) is 1.72. The average Bonchev–Trinajstić information content (AvgIpc) is 2.53. The number of amides is 1. The lowest BCUT2D eigenvalue weighted by molar-refractivity contribution is -0.384. The molecule has 1 amide bonds. The third-order valence-electron chi connectivity index (χ3n) is 2.90. The van der Waals surface area contributed by atoms with E-state index < -0.39 is 4.92 Å². The number of anilines is 1. The Labute approximate surface area is 127 Å². The Bertz CT molecular complexity index is 685. The summed E-state index contributed by atoms with van der Waals surface area (Å²) in [4.78, 5) is 32.2. The zero-order valence-electron chi connectivity index (χ0n) is 12.2. The lowest BCUT2D eigenvalue weighted by Crippen LogP contribution is -2.24. The number of hydrogen-bond acceptors (Lipinski definition) is 6. The molecule has 1 heterocycles. The van der Waals surface area contributed by atoms with Gasteiger partial charge in [-0.2, -0.15) is 0 Å². The topological polar surface area (TPSA) is 101 Å². The van der Waals surface area contributed by atoms with Gasteiger partial charge in [-0.05, 0) is 18.2 Å². The molecule has 1 aromatic carbocycles. The molecule has 0 atom stereocenters. The van der Waals surface area contributed by atoms with E-state index in [1.165, 1.54) is 24.3 Å². The maximum Gasteiger partial charge on any atom is 0.269 e. The van der Waals surface area contributed by atoms with Gasteiger partial charge in [0.2, 0.25) is 0 Å². The smallest absolute Gasteiger partial charge is 0.269 e. The van der Waals surface area contributed by atoms with Crippen molar-refractivity contribution in [3.8, 4) is 0 Å². The number of nitrogens with zero attached hydrogens (tertiary/aromatic N) is 4. The highest BCUT2D eigenvalue weighted by Gasteiger charge is 2.10. The number of aromatic nitrogens is 2. The van der Waals surface area contributed by atoms with Crippen LogP contribution in [-0.4, -0.2) is 34.9 Å². The largest absolute Gasteiger partial charge is 0.363 e. The average molecular weight is 301 g/mol. The highest BCUT2D eigenvalue weighted by molar-refractivity contribution is 5.94. The van der Waals surface area contributed by atoms with Crippen LogP contribution >= 0.6 is 0 Å². The van der Waals surface area contributed by atoms with E-state index in [2.05, 4.69) is 15.3 Å². The summed E-state index contributed by atoms with van der Waals surface area (Å²) in [6.07, 6.45) is 1.62. The van der Waals surface area contributed by atoms with E-state index >= 15 is 0 Å². The fraction of sp³-hybridized carbons (Fsp3) is 0.214. The quantitative estimate of drug-likeness (QED) is 0.661. The maximum absolute atomic E-state index is 12.0. The number of nitro groups is 1. The maximum atomic E-state index is 12.0. The normalized spacial score (nSPS) is 10.1. The molecule has 0 unspecified atom stereocenters. The Kier molecular flexibility index (Phi) is 4.62. The minimum absolute atomic E-state index is 0.0569. The van der Waals surface area contributed by atoms with Crippen LogP contribution in [-0.2, 0) is 6.54 Å². The molecular formula is C14H15N5O3. The van der Waals surface area contributed by atoms with Crippen molar-refractivity contribution in [2.75, 3.05) is 19.0 Å². The van der Waals surface area contributed by atoms with E-state index in [1.807, 2.05) is 19.0 Å². The van der Waals surface area contributed by atoms with Crippen molar-refractivity contribution in [1.29, 1.82) is 0 Å². The van der Waals surface area contributed by atoms with Gasteiger partial charge in [0.15, 0.2) is 0 Å². The summed E-state index contributed by atoms with van der Waals surface area (Å²) in [6, 6.07) is 7.16. The van der Waals surface area contributed by atoms with Crippen LogP contribution in [0.4, 0.5) is 11.5 Å². The molecule has 1 aromatic heterocycles. The number of nitrogens with one attached hydrogen (secondary N) is 1. The second-order valence-electron chi connectivity index (χ2n) is 4.71. The molecule has 0 spiro atoms. The van der Waals surface area contributed by atoms with Gasteiger partial charge in [-0.15, -0.1) is 0 Å². The lowest BCUT2D eigenvalue weighted by atomic mass is 10.2. The summed E-state index contributed by atoms with van der Waals surface area (Å²) in [5.74, 6) is 0.893. The van der Waals surface area contributed by atoms with Gasteiger partial charge < -0.3 is 10.2 Å². The molecule has 0 aliphatic carbocycles. The minimum Gasteiger partial charge on any atom is -0.363 e. The summed E-state index contributed by atoms with van der Waals surface area (Å²) < 4.78 is 0. The molecule has 114 valence electrons. The first kappa shape index (κ1) is 15.4. The first-order valence-corrected chi connectivity index (χ1v) is 6.49. The third-order valence-corrected chi connectivity index (χ3v) is 2.90. The van der Waals surface area contributed by atoms with Crippen molar-refractivity contribution < 1.29 is 9.72 Å². The van der Waals surface area contributed by atoms with Gasteiger partial charge in [-0.1, -0.05) is 0 Å². The molecule has 0 saturated heterocycles. The highest BCUT2D eigenvalue weighted by Crippen LogP contribution is 2.12. The molecule has 2 rings (SSSR count). The lowest BCUT2D eigenvalue weighted by Gasteiger charge is -2.11. The Morgan fingerprint density at radius 3 is 2.55 bits per heavy atom. The van der Waals surface area contributed by atoms with Gasteiger partial charge in [0.1, 0.15) is 11.6 Å². The molecule has 8 heteroatoms. The van der Waals surface area contributed by atoms with Gasteiger partial charge in [0, 0.05) is 38.0 Å². The van der Waals surface area contributed by atoms with Gasteiger partial charge in [-0.3, -0.25) is 14.9 Å². The summed E-state index contributed by atoms with van der Waals surface area (Å²) in [6.45, 7) is 0.178. The predicted molar refractivity (Wildman–Crippen MR) is 80.6 cm³/mol. The molecule has 0 aliphatic heterocycles. The van der Waals surface area contributed by atoms with E-state index in [0.717, 1.165) is 5.82 Å². The molecule has 22 heavy (non-hydrogen) atoms. The predicted octanol–water partition coefficient (Wildman–Crippen LogP) is 1.38. The van der Waals surface area contributed by atoms with E-state index in [-0.39, 0.29) is 18.1 Å². The molecule has 0 radical (unpaired) electrons. The molecule has 1 N–H and O–H groups in total. The molecule has 0 saturated carbocycles. The Hall–Kier alpha value is -3.03. The van der Waals surface area contributed by atoms with Gasteiger partial charge in [0.05, 0.1) is 11.5 Å². The minimum atomic E-state index is -0.512. The van der Waals surface area contributed by atoms with Gasteiger partial charge in [0.25, 0.3) is 11.6 Å². The third kappa shape index (κ3) is 3.75. The number of carbonyl (C=O) groups is 1. The van der Waals surface area contributed by atoms with Crippen molar-refractivity contribution in [2.24, 2.45) is 0 Å². The summed E-state index contributed by atoms with van der Waals surface area (Å²) in [7, 11) is 3.73. The van der Waals surface area contributed by atoms with Crippen LogP contribution in [0.2, 0.25) is 0 Å². The summed E-state index contributed by atoms with van der Waals surface area (Å²) in [5.41, 5.74) is 0.285. The second kappa shape index (κ2) is 6.61. The van der Waals surface area contributed by atoms with Crippen LogP contribution in [0.5, 0.6) is 0 Å². The Morgan fingerprint density at radius 2 is 1.95 bits per heavy atom. The Morgan fingerprint density at radius 1 is 1.27 bits per heavy atom. The molecule has 2 aromatic rings. The SMILES string of the molecule is CN(C)c1ccnc(CNC(=O)c2ccc([N+](=O)[O-])cc2)n1. The van der Waals surface area contributed by atoms with E-state index in [9.17, 15) is 14.9 Å². The highest BCUT2D eigenvalue weighted by atomic mass is 16.6. The van der Waals surface area contributed by atoms with Gasteiger partial charge in [-0.25, -0.2) is 9.97 Å². The van der Waals surface area contributed by atoms with Crippen molar-refractivity contribution in [2.45, 2.75) is 6.54 Å². The standard InChI is InChI=1S/C14H15N5O3/c1-18(2)13-7-8-15-12(17-13)9-16-14(20)10-3-5-11(6-4-10)19(21)22/h3-8H,9H2,1-2H3,(H,16,20). The molecule has 8 nitrogen and oxygen atoms in total. The van der Waals surface area contributed by atoms with Crippen molar-refractivity contribution in [3.63, 3.8) is 0 Å². The van der Waals surface area contributed by atoms with Crippen molar-refractivity contribution >= 4 is 17.4 Å². The van der Waals surface area contributed by atoms with Crippen LogP contribution in [0.1, 0.15) is 16.2 Å². The van der Waals surface area contributed by atoms with Crippen LogP contribution in [0.15, 0.2) is 36.5 Å².